The van der Waals surface area contributed by atoms with Crippen molar-refractivity contribution < 1.29 is 4.74 Å². The Labute approximate surface area is 103 Å². The Kier molecular flexibility index (Phi) is 3.22. The van der Waals surface area contributed by atoms with Gasteiger partial charge in [-0.3, -0.25) is 4.99 Å². The van der Waals surface area contributed by atoms with Crippen LogP contribution in [0.1, 0.15) is 24.0 Å². The second-order valence-corrected chi connectivity index (χ2v) is 4.14. The summed E-state index contributed by atoms with van der Waals surface area (Å²) in [7, 11) is 7.48. The van der Waals surface area contributed by atoms with Gasteiger partial charge in [0.05, 0.1) is 12.8 Å². The highest BCUT2D eigenvalue weighted by molar-refractivity contribution is 6.60. The summed E-state index contributed by atoms with van der Waals surface area (Å²) in [6, 6.07) is 3.87. The van der Waals surface area contributed by atoms with Crippen molar-refractivity contribution in [3.63, 3.8) is 0 Å². The number of methoxy groups -OCH3 is 1. The molecule has 4 heteroatoms. The van der Waals surface area contributed by atoms with Gasteiger partial charge in [0.25, 0.3) is 0 Å². The first kappa shape index (κ1) is 11.8. The highest BCUT2D eigenvalue weighted by atomic mass is 16.5. The van der Waals surface area contributed by atoms with Crippen LogP contribution < -0.4 is 10.5 Å². The molecule has 17 heavy (non-hydrogen) atoms. The molecule has 0 aliphatic carbocycles. The molecule has 1 heterocycles. The van der Waals surface area contributed by atoms with Gasteiger partial charge in [-0.15, -0.1) is 0 Å². The Morgan fingerprint density at radius 3 is 2.88 bits per heavy atom. The van der Waals surface area contributed by atoms with Crippen LogP contribution in [-0.4, -0.2) is 20.6 Å². The third-order valence-electron chi connectivity index (χ3n) is 2.85. The second kappa shape index (κ2) is 4.66. The van der Waals surface area contributed by atoms with Crippen molar-refractivity contribution in [1.29, 1.82) is 0 Å². The predicted octanol–water partition coefficient (Wildman–Crippen LogP) is 2.30. The van der Waals surface area contributed by atoms with E-state index in [1.165, 1.54) is 0 Å². The van der Waals surface area contributed by atoms with Crippen LogP contribution in [0, 0.1) is 6.92 Å². The molecule has 0 fully saturated rings. The number of aliphatic imine (C=N–C) groups is 1. The molecular weight excluding hydrogens is 211 g/mol. The third-order valence-corrected chi connectivity index (χ3v) is 2.85. The summed E-state index contributed by atoms with van der Waals surface area (Å²) in [5.74, 6) is 0.814. The van der Waals surface area contributed by atoms with Gasteiger partial charge < -0.3 is 10.5 Å². The molecule has 0 saturated heterocycles. The van der Waals surface area contributed by atoms with Crippen LogP contribution in [0.2, 0.25) is 0 Å². The normalized spacial score (nSPS) is 15.2. The molecule has 0 amide bonds. The topological polar surface area (TPSA) is 47.6 Å². The Morgan fingerprint density at radius 1 is 1.41 bits per heavy atom. The lowest BCUT2D eigenvalue weighted by molar-refractivity contribution is 0.411. The predicted molar refractivity (Wildman–Crippen MR) is 72.0 cm³/mol. The van der Waals surface area contributed by atoms with E-state index in [-0.39, 0.29) is 0 Å². The average molecular weight is 226 g/mol. The molecule has 1 aromatic carbocycles. The van der Waals surface area contributed by atoms with Gasteiger partial charge in [-0.2, -0.15) is 0 Å². The van der Waals surface area contributed by atoms with E-state index in [0.717, 1.165) is 41.1 Å². The van der Waals surface area contributed by atoms with Gasteiger partial charge in [-0.1, -0.05) is 6.08 Å². The number of aryl methyl sites for hydroxylation is 1. The van der Waals surface area contributed by atoms with Crippen molar-refractivity contribution in [1.82, 2.24) is 0 Å². The number of hydrogen-bond acceptors (Lipinski definition) is 3. The third kappa shape index (κ3) is 2.35. The van der Waals surface area contributed by atoms with Gasteiger partial charge in [0.15, 0.2) is 0 Å². The maximum absolute atomic E-state index is 6.03. The summed E-state index contributed by atoms with van der Waals surface area (Å²) in [5, 5.41) is 0. The monoisotopic (exact) mass is 226 g/mol. The fourth-order valence-corrected chi connectivity index (χ4v) is 1.91. The molecular formula is C13H15BN2O. The molecule has 2 N–H and O–H groups in total. The SMILES string of the molecule is [B]C1=Nc2cc(C)c(OC)cc2C(N)=CCC1. The molecule has 1 aliphatic heterocycles. The van der Waals surface area contributed by atoms with Gasteiger partial charge in [0, 0.05) is 11.3 Å². The molecule has 0 saturated carbocycles. The van der Waals surface area contributed by atoms with Gasteiger partial charge in [0.1, 0.15) is 13.6 Å². The van der Waals surface area contributed by atoms with Crippen molar-refractivity contribution in [2.45, 2.75) is 19.8 Å². The molecule has 0 atom stereocenters. The maximum atomic E-state index is 6.03. The minimum Gasteiger partial charge on any atom is -0.496 e. The maximum Gasteiger partial charge on any atom is 0.135 e. The zero-order valence-electron chi connectivity index (χ0n) is 10.2. The molecule has 0 unspecified atom stereocenters. The van der Waals surface area contributed by atoms with Gasteiger partial charge in [-0.25, -0.2) is 0 Å². The molecule has 2 radical (unpaired) electrons. The second-order valence-electron chi connectivity index (χ2n) is 4.14. The number of nitrogens with two attached hydrogens (primary N) is 1. The summed E-state index contributed by atoms with van der Waals surface area (Å²) in [6.07, 6.45) is 3.54. The Balaban J connectivity index is 2.63. The van der Waals surface area contributed by atoms with Crippen LogP contribution >= 0.6 is 0 Å². The van der Waals surface area contributed by atoms with E-state index in [4.69, 9.17) is 18.3 Å². The van der Waals surface area contributed by atoms with Crippen molar-refractivity contribution in [2.75, 3.05) is 7.11 Å². The fraction of sp³-hybridized carbons (Fsp3) is 0.308. The van der Waals surface area contributed by atoms with Crippen molar-refractivity contribution in [3.05, 3.63) is 29.3 Å². The number of hydrogen-bond donors (Lipinski definition) is 1. The van der Waals surface area contributed by atoms with Gasteiger partial charge in [-0.05, 0) is 43.1 Å². The molecule has 86 valence electrons. The first-order valence-electron chi connectivity index (χ1n) is 5.59. The number of ether oxygens (including phenoxy) is 1. The summed E-state index contributed by atoms with van der Waals surface area (Å²) in [4.78, 5) is 4.40. The lowest BCUT2D eigenvalue weighted by Crippen LogP contribution is -2.04. The van der Waals surface area contributed by atoms with Gasteiger partial charge in [0.2, 0.25) is 0 Å². The highest BCUT2D eigenvalue weighted by Crippen LogP contribution is 2.33. The van der Waals surface area contributed by atoms with Gasteiger partial charge >= 0.3 is 0 Å². The van der Waals surface area contributed by atoms with Crippen molar-refractivity contribution in [3.8, 4) is 5.75 Å². The molecule has 0 aromatic heterocycles. The van der Waals surface area contributed by atoms with Crippen LogP contribution in [0.3, 0.4) is 0 Å². The molecule has 1 aliphatic rings. The lowest BCUT2D eigenvalue weighted by atomic mass is 9.93. The van der Waals surface area contributed by atoms with Crippen LogP contribution in [-0.2, 0) is 0 Å². The Hall–Kier alpha value is -1.71. The largest absolute Gasteiger partial charge is 0.496 e. The van der Waals surface area contributed by atoms with Crippen molar-refractivity contribution >= 4 is 24.8 Å². The minimum absolute atomic E-state index is 0.638. The smallest absolute Gasteiger partial charge is 0.135 e. The summed E-state index contributed by atoms with van der Waals surface area (Å²) in [5.41, 5.74) is 10.1. The standard InChI is InChI=1S/C13H15BN2O/c1-8-6-11-9(7-12(8)17-2)10(15)4-3-5-13(14)16-11/h4,6-7H,3,5,15H2,1-2H3. The average Bonchev–Trinajstić information content (AvgIpc) is 2.27. The minimum atomic E-state index is 0.638. The van der Waals surface area contributed by atoms with Crippen molar-refractivity contribution in [2.24, 2.45) is 10.7 Å². The molecule has 0 bridgehead atoms. The van der Waals surface area contributed by atoms with E-state index in [1.54, 1.807) is 7.11 Å². The van der Waals surface area contributed by atoms with Crippen LogP contribution in [0.5, 0.6) is 5.75 Å². The first-order valence-corrected chi connectivity index (χ1v) is 5.59. The van der Waals surface area contributed by atoms with Crippen LogP contribution in [0.25, 0.3) is 5.70 Å². The number of fused-ring (bicyclic) bond motifs is 1. The molecule has 2 rings (SSSR count). The Bertz CT molecular complexity index is 506. The van der Waals surface area contributed by atoms with E-state index in [2.05, 4.69) is 4.99 Å². The first-order chi connectivity index (χ1) is 8.11. The van der Waals surface area contributed by atoms with Crippen LogP contribution in [0.4, 0.5) is 5.69 Å². The lowest BCUT2D eigenvalue weighted by Gasteiger charge is -2.14. The summed E-state index contributed by atoms with van der Waals surface area (Å²) < 4.78 is 5.30. The fourth-order valence-electron chi connectivity index (χ4n) is 1.91. The summed E-state index contributed by atoms with van der Waals surface area (Å²) in [6.45, 7) is 1.98. The highest BCUT2D eigenvalue weighted by Gasteiger charge is 2.11. The number of benzene rings is 1. The van der Waals surface area contributed by atoms with E-state index >= 15 is 0 Å². The Morgan fingerprint density at radius 2 is 2.18 bits per heavy atom. The van der Waals surface area contributed by atoms with E-state index in [9.17, 15) is 0 Å². The summed E-state index contributed by atoms with van der Waals surface area (Å²) >= 11 is 0. The zero-order valence-corrected chi connectivity index (χ0v) is 10.2. The number of nitrogens with zero attached hydrogens (tertiary/aromatic N) is 1. The quantitative estimate of drug-likeness (QED) is 0.746. The van der Waals surface area contributed by atoms with E-state index in [0.29, 0.717) is 5.61 Å². The molecule has 3 nitrogen and oxygen atoms in total. The molecule has 0 spiro atoms. The molecule has 1 aromatic rings. The van der Waals surface area contributed by atoms with E-state index < -0.39 is 0 Å². The zero-order chi connectivity index (χ0) is 12.4. The number of rotatable bonds is 1. The van der Waals surface area contributed by atoms with Crippen LogP contribution in [0.15, 0.2) is 23.2 Å². The number of allylic oxidation sites excluding steroid dienone is 1. The van der Waals surface area contributed by atoms with E-state index in [1.807, 2.05) is 25.1 Å².